The number of hydrogen-bond acceptors (Lipinski definition) is 5. The third-order valence-electron chi connectivity index (χ3n) is 2.60. The van der Waals surface area contributed by atoms with Crippen molar-refractivity contribution in [3.05, 3.63) is 46.8 Å². The normalized spacial score (nSPS) is 11.9. The highest BCUT2D eigenvalue weighted by molar-refractivity contribution is 9.10. The average Bonchev–Trinajstić information content (AvgIpc) is 2.44. The van der Waals surface area contributed by atoms with Crippen molar-refractivity contribution in [3.63, 3.8) is 0 Å². The van der Waals surface area contributed by atoms with Gasteiger partial charge in [-0.15, -0.1) is 0 Å². The zero-order valence-electron chi connectivity index (χ0n) is 10.5. The van der Waals surface area contributed by atoms with E-state index < -0.39 is 6.04 Å². The summed E-state index contributed by atoms with van der Waals surface area (Å²) in [4.78, 5) is 19.8. The Labute approximate surface area is 124 Å². The number of nitrogens with two attached hydrogens (primary N) is 1. The lowest BCUT2D eigenvalue weighted by Gasteiger charge is -2.11. The summed E-state index contributed by atoms with van der Waals surface area (Å²) in [6.07, 6.45) is 3.30. The molecule has 0 fully saturated rings. The van der Waals surface area contributed by atoms with Crippen molar-refractivity contribution >= 4 is 27.7 Å². The number of carbonyl (C=O) groups excluding carboxylic acids is 1. The molecule has 0 spiro atoms. The first-order valence-corrected chi connectivity index (χ1v) is 6.66. The van der Waals surface area contributed by atoms with Crippen LogP contribution in [0.4, 0.5) is 5.82 Å². The van der Waals surface area contributed by atoms with Gasteiger partial charge in [0.2, 0.25) is 5.91 Å². The zero-order chi connectivity index (χ0) is 14.5. The van der Waals surface area contributed by atoms with Crippen LogP contribution in [0, 0.1) is 0 Å². The molecule has 1 aromatic carbocycles. The minimum absolute atomic E-state index is 0.178. The largest absolute Gasteiger partial charge is 0.508 e. The molecule has 2 aromatic rings. The van der Waals surface area contributed by atoms with Crippen LogP contribution in [0.2, 0.25) is 0 Å². The number of aromatic hydroxyl groups is 1. The van der Waals surface area contributed by atoms with Gasteiger partial charge in [-0.3, -0.25) is 4.79 Å². The molecule has 0 saturated heterocycles. The maximum absolute atomic E-state index is 11.9. The molecule has 1 heterocycles. The molecule has 1 aromatic heterocycles. The van der Waals surface area contributed by atoms with Crippen LogP contribution in [0.5, 0.6) is 5.75 Å². The van der Waals surface area contributed by atoms with Gasteiger partial charge in [-0.05, 0) is 40.0 Å². The van der Waals surface area contributed by atoms with Gasteiger partial charge in [0.05, 0.1) is 18.4 Å². The Morgan fingerprint density at radius 2 is 2.00 bits per heavy atom. The summed E-state index contributed by atoms with van der Waals surface area (Å²) >= 11 is 3.16. The smallest absolute Gasteiger partial charge is 0.242 e. The van der Waals surface area contributed by atoms with E-state index in [-0.39, 0.29) is 11.7 Å². The first-order chi connectivity index (χ1) is 9.54. The molecule has 20 heavy (non-hydrogen) atoms. The maximum atomic E-state index is 11.9. The minimum atomic E-state index is -0.704. The minimum Gasteiger partial charge on any atom is -0.508 e. The number of nitrogens with zero attached hydrogens (tertiary/aromatic N) is 2. The number of aromatic nitrogens is 2. The van der Waals surface area contributed by atoms with Crippen LogP contribution in [-0.4, -0.2) is 27.0 Å². The lowest BCUT2D eigenvalue weighted by atomic mass is 10.1. The van der Waals surface area contributed by atoms with Crippen LogP contribution in [0.1, 0.15) is 5.56 Å². The Kier molecular flexibility index (Phi) is 4.65. The van der Waals surface area contributed by atoms with E-state index in [1.54, 1.807) is 24.3 Å². The molecule has 104 valence electrons. The first-order valence-electron chi connectivity index (χ1n) is 5.86. The van der Waals surface area contributed by atoms with Crippen molar-refractivity contribution in [3.8, 4) is 5.75 Å². The number of phenols is 1. The molecule has 1 amide bonds. The van der Waals surface area contributed by atoms with E-state index in [9.17, 15) is 9.90 Å². The number of benzene rings is 1. The number of halogens is 1. The van der Waals surface area contributed by atoms with Gasteiger partial charge in [0, 0.05) is 0 Å². The number of phenolic OH excluding ortho intramolecular Hbond substituents is 1. The second-order valence-corrected chi connectivity index (χ2v) is 5.00. The Morgan fingerprint density at radius 1 is 1.30 bits per heavy atom. The van der Waals surface area contributed by atoms with Crippen molar-refractivity contribution in [2.75, 3.05) is 5.32 Å². The summed E-state index contributed by atoms with van der Waals surface area (Å²) in [5, 5.41) is 11.8. The van der Waals surface area contributed by atoms with Crippen LogP contribution >= 0.6 is 15.9 Å². The van der Waals surface area contributed by atoms with Crippen LogP contribution in [-0.2, 0) is 11.2 Å². The zero-order valence-corrected chi connectivity index (χ0v) is 12.0. The fraction of sp³-hybridized carbons (Fsp3) is 0.154. The quantitative estimate of drug-likeness (QED) is 0.784. The topological polar surface area (TPSA) is 101 Å². The molecule has 6 nitrogen and oxygen atoms in total. The molecule has 7 heteroatoms. The predicted molar refractivity (Wildman–Crippen MR) is 78.1 cm³/mol. The van der Waals surface area contributed by atoms with Gasteiger partial charge in [0.15, 0.2) is 5.82 Å². The van der Waals surface area contributed by atoms with E-state index >= 15 is 0 Å². The molecule has 0 aliphatic heterocycles. The number of hydrogen-bond donors (Lipinski definition) is 3. The molecule has 0 aliphatic rings. The number of anilines is 1. The van der Waals surface area contributed by atoms with Crippen molar-refractivity contribution in [1.29, 1.82) is 0 Å². The molecular formula is C13H13BrN4O2. The van der Waals surface area contributed by atoms with Gasteiger partial charge < -0.3 is 16.2 Å². The molecule has 0 saturated carbocycles. The first kappa shape index (κ1) is 14.4. The highest BCUT2D eigenvalue weighted by Crippen LogP contribution is 2.11. The number of amides is 1. The van der Waals surface area contributed by atoms with Gasteiger partial charge in [-0.2, -0.15) is 0 Å². The monoisotopic (exact) mass is 336 g/mol. The Bertz CT molecular complexity index is 586. The molecule has 1 atom stereocenters. The van der Waals surface area contributed by atoms with E-state index in [1.165, 1.54) is 12.4 Å². The van der Waals surface area contributed by atoms with Crippen molar-refractivity contribution in [2.24, 2.45) is 5.73 Å². The summed E-state index contributed by atoms with van der Waals surface area (Å²) in [6.45, 7) is 0. The van der Waals surface area contributed by atoms with Crippen LogP contribution in [0.3, 0.4) is 0 Å². The lowest BCUT2D eigenvalue weighted by Crippen LogP contribution is -2.37. The van der Waals surface area contributed by atoms with Crippen molar-refractivity contribution in [1.82, 2.24) is 9.97 Å². The van der Waals surface area contributed by atoms with Gasteiger partial charge in [-0.1, -0.05) is 12.1 Å². The second-order valence-electron chi connectivity index (χ2n) is 4.19. The summed E-state index contributed by atoms with van der Waals surface area (Å²) in [7, 11) is 0. The van der Waals surface area contributed by atoms with Crippen LogP contribution in [0.15, 0.2) is 41.3 Å². The van der Waals surface area contributed by atoms with Gasteiger partial charge in [-0.25, -0.2) is 9.97 Å². The van der Waals surface area contributed by atoms with Crippen molar-refractivity contribution < 1.29 is 9.90 Å². The average molecular weight is 337 g/mol. The Hall–Kier alpha value is -1.99. The fourth-order valence-electron chi connectivity index (χ4n) is 1.57. The van der Waals surface area contributed by atoms with Crippen LogP contribution < -0.4 is 11.1 Å². The van der Waals surface area contributed by atoms with Crippen LogP contribution in [0.25, 0.3) is 0 Å². The summed E-state index contributed by atoms with van der Waals surface area (Å²) in [5.74, 6) is 0.186. The lowest BCUT2D eigenvalue weighted by molar-refractivity contribution is -0.117. The van der Waals surface area contributed by atoms with E-state index in [4.69, 9.17) is 5.73 Å². The Balaban J connectivity index is 1.94. The van der Waals surface area contributed by atoms with E-state index in [0.29, 0.717) is 16.8 Å². The highest BCUT2D eigenvalue weighted by Gasteiger charge is 2.15. The highest BCUT2D eigenvalue weighted by atomic mass is 79.9. The number of carbonyl (C=O) groups is 1. The van der Waals surface area contributed by atoms with Gasteiger partial charge in [0.1, 0.15) is 10.4 Å². The molecule has 4 N–H and O–H groups in total. The number of rotatable bonds is 4. The standard InChI is InChI=1S/C13H13BrN4O2/c14-11-6-17-12(7-16-11)18-13(20)10(15)5-8-1-3-9(19)4-2-8/h1-4,6-7,10,19H,5,15H2,(H,17,18,20)/t10-/m1/s1. The SMILES string of the molecule is N[C@H](Cc1ccc(O)cc1)C(=O)Nc1cnc(Br)cn1. The summed E-state index contributed by atoms with van der Waals surface area (Å²) in [6, 6.07) is 5.86. The molecular weight excluding hydrogens is 324 g/mol. The number of nitrogens with one attached hydrogen (secondary N) is 1. The molecule has 0 bridgehead atoms. The summed E-state index contributed by atoms with van der Waals surface area (Å²) < 4.78 is 0.587. The third kappa shape index (κ3) is 4.01. The van der Waals surface area contributed by atoms with Crippen molar-refractivity contribution in [2.45, 2.75) is 12.5 Å². The van der Waals surface area contributed by atoms with E-state index in [2.05, 4.69) is 31.2 Å². The predicted octanol–water partition coefficient (Wildman–Crippen LogP) is 1.45. The van der Waals surface area contributed by atoms with E-state index in [0.717, 1.165) is 5.56 Å². The Morgan fingerprint density at radius 3 is 2.60 bits per heavy atom. The maximum Gasteiger partial charge on any atom is 0.242 e. The molecule has 0 radical (unpaired) electrons. The molecule has 0 aliphatic carbocycles. The third-order valence-corrected chi connectivity index (χ3v) is 3.01. The second kappa shape index (κ2) is 6.44. The summed E-state index contributed by atoms with van der Waals surface area (Å²) in [5.41, 5.74) is 6.70. The molecule has 0 unspecified atom stereocenters. The van der Waals surface area contributed by atoms with Gasteiger partial charge >= 0.3 is 0 Å². The van der Waals surface area contributed by atoms with E-state index in [1.807, 2.05) is 0 Å². The fourth-order valence-corrected chi connectivity index (χ4v) is 1.78. The molecule has 2 rings (SSSR count). The van der Waals surface area contributed by atoms with Gasteiger partial charge in [0.25, 0.3) is 0 Å².